The van der Waals surface area contributed by atoms with Crippen LogP contribution in [0.5, 0.6) is 5.75 Å². The molecule has 0 spiro atoms. The van der Waals surface area contributed by atoms with Crippen molar-refractivity contribution in [2.75, 3.05) is 13.7 Å². The van der Waals surface area contributed by atoms with E-state index in [9.17, 15) is 19.2 Å². The maximum atomic E-state index is 13.8. The smallest absolute Gasteiger partial charge is 0.408 e. The summed E-state index contributed by atoms with van der Waals surface area (Å²) in [6, 6.07) is 13.5. The number of hydrogen-bond donors (Lipinski definition) is 3. The van der Waals surface area contributed by atoms with Crippen molar-refractivity contribution in [3.63, 3.8) is 0 Å². The summed E-state index contributed by atoms with van der Waals surface area (Å²) < 4.78 is 16.0. The molecule has 0 bridgehead atoms. The standard InChI is InChI=1S/C33H45N3O7/c1-21(2)17-25(28(37)33(6)20-42-33)34-29(38)26(18-22-11-9-8-10-12-22)35-30(39)27(36-31(40)43-32(3,4)5)19-23-13-15-24(41-7)16-14-23/h8-16,21,25-27H,17-20H2,1-7H3,(H,34,38)(H,35,39)(H,36,40)/t25-,26-,27-,33+/m0/s1. The van der Waals surface area contributed by atoms with Gasteiger partial charge in [0.25, 0.3) is 0 Å². The number of epoxide rings is 1. The zero-order valence-corrected chi connectivity index (χ0v) is 26.2. The van der Waals surface area contributed by atoms with Crippen molar-refractivity contribution in [2.24, 2.45) is 5.92 Å². The van der Waals surface area contributed by atoms with Crippen molar-refractivity contribution in [1.29, 1.82) is 0 Å². The topological polar surface area (TPSA) is 135 Å². The Hall–Kier alpha value is -3.92. The molecule has 1 aliphatic heterocycles. The van der Waals surface area contributed by atoms with E-state index < -0.39 is 47.2 Å². The highest BCUT2D eigenvalue weighted by Crippen LogP contribution is 2.29. The first kappa shape index (κ1) is 33.6. The Kier molecular flexibility index (Phi) is 11.3. The van der Waals surface area contributed by atoms with Gasteiger partial charge in [0.05, 0.1) is 19.8 Å². The van der Waals surface area contributed by atoms with E-state index in [1.165, 1.54) is 0 Å². The third-order valence-electron chi connectivity index (χ3n) is 6.96. The molecule has 0 saturated carbocycles. The molecule has 0 radical (unpaired) electrons. The lowest BCUT2D eigenvalue weighted by molar-refractivity contribution is -0.133. The number of nitrogens with one attached hydrogen (secondary N) is 3. The van der Waals surface area contributed by atoms with Gasteiger partial charge in [-0.1, -0.05) is 56.3 Å². The van der Waals surface area contributed by atoms with E-state index in [1.807, 2.05) is 44.2 Å². The molecule has 0 unspecified atom stereocenters. The van der Waals surface area contributed by atoms with Gasteiger partial charge in [0.1, 0.15) is 29.0 Å². The largest absolute Gasteiger partial charge is 0.497 e. The maximum Gasteiger partial charge on any atom is 0.408 e. The Morgan fingerprint density at radius 2 is 1.35 bits per heavy atom. The Bertz CT molecular complexity index is 1250. The van der Waals surface area contributed by atoms with E-state index in [4.69, 9.17) is 14.2 Å². The first-order valence-corrected chi connectivity index (χ1v) is 14.6. The lowest BCUT2D eigenvalue weighted by Gasteiger charge is -2.27. The van der Waals surface area contributed by atoms with E-state index in [-0.39, 0.29) is 24.5 Å². The molecule has 3 rings (SSSR count). The molecule has 0 aromatic heterocycles. The molecule has 0 aliphatic carbocycles. The molecular weight excluding hydrogens is 550 g/mol. The monoisotopic (exact) mass is 595 g/mol. The van der Waals surface area contributed by atoms with Crippen molar-refractivity contribution in [3.05, 3.63) is 65.7 Å². The van der Waals surface area contributed by atoms with Crippen molar-refractivity contribution < 1.29 is 33.4 Å². The number of ether oxygens (including phenoxy) is 3. The molecule has 10 heteroatoms. The molecule has 1 saturated heterocycles. The van der Waals surface area contributed by atoms with Gasteiger partial charge in [-0.3, -0.25) is 14.4 Å². The number of Topliss-reactive ketones (excluding diaryl/α,β-unsaturated/α-hetero) is 1. The van der Waals surface area contributed by atoms with Crippen LogP contribution in [0.25, 0.3) is 0 Å². The van der Waals surface area contributed by atoms with Crippen molar-refractivity contribution >= 4 is 23.7 Å². The number of carbonyl (C=O) groups excluding carboxylic acids is 4. The molecule has 1 fully saturated rings. The van der Waals surface area contributed by atoms with E-state index in [1.54, 1.807) is 59.1 Å². The highest BCUT2D eigenvalue weighted by Gasteiger charge is 2.50. The van der Waals surface area contributed by atoms with Crippen LogP contribution in [0.1, 0.15) is 59.1 Å². The fraction of sp³-hybridized carbons (Fsp3) is 0.515. The predicted octanol–water partition coefficient (Wildman–Crippen LogP) is 3.75. The van der Waals surface area contributed by atoms with E-state index in [2.05, 4.69) is 16.0 Å². The van der Waals surface area contributed by atoms with Crippen LogP contribution in [0.3, 0.4) is 0 Å². The van der Waals surface area contributed by atoms with E-state index in [0.29, 0.717) is 18.8 Å². The molecule has 2 aromatic carbocycles. The number of rotatable bonds is 14. The van der Waals surface area contributed by atoms with Crippen LogP contribution < -0.4 is 20.7 Å². The van der Waals surface area contributed by atoms with Crippen LogP contribution in [0.2, 0.25) is 0 Å². The molecule has 3 amide bonds. The Balaban J connectivity index is 1.86. The zero-order valence-electron chi connectivity index (χ0n) is 26.2. The van der Waals surface area contributed by atoms with Gasteiger partial charge >= 0.3 is 6.09 Å². The molecule has 4 atom stereocenters. The number of ketones is 1. The molecule has 1 aliphatic rings. The van der Waals surface area contributed by atoms with Crippen molar-refractivity contribution in [3.8, 4) is 5.75 Å². The first-order valence-electron chi connectivity index (χ1n) is 14.6. The van der Waals surface area contributed by atoms with Gasteiger partial charge < -0.3 is 30.2 Å². The predicted molar refractivity (Wildman–Crippen MR) is 163 cm³/mol. The minimum Gasteiger partial charge on any atom is -0.497 e. The van der Waals surface area contributed by atoms with Gasteiger partial charge in [-0.15, -0.1) is 0 Å². The molecule has 43 heavy (non-hydrogen) atoms. The number of carbonyl (C=O) groups is 4. The summed E-state index contributed by atoms with van der Waals surface area (Å²) in [6.07, 6.45) is -0.0175. The Labute approximate surface area is 254 Å². The molecule has 10 nitrogen and oxygen atoms in total. The summed E-state index contributed by atoms with van der Waals surface area (Å²) in [5.41, 5.74) is -0.104. The quantitative estimate of drug-likeness (QED) is 0.283. The van der Waals surface area contributed by atoms with Gasteiger partial charge in [-0.2, -0.15) is 0 Å². The Morgan fingerprint density at radius 1 is 0.837 bits per heavy atom. The maximum absolute atomic E-state index is 13.8. The fourth-order valence-electron chi connectivity index (χ4n) is 4.58. The van der Waals surface area contributed by atoms with Gasteiger partial charge in [0.2, 0.25) is 11.8 Å². The van der Waals surface area contributed by atoms with Crippen LogP contribution in [0.4, 0.5) is 4.79 Å². The molecule has 3 N–H and O–H groups in total. The molecule has 234 valence electrons. The first-order chi connectivity index (χ1) is 20.2. The van der Waals surface area contributed by atoms with Crippen LogP contribution >= 0.6 is 0 Å². The minimum atomic E-state index is -1.05. The summed E-state index contributed by atoms with van der Waals surface area (Å²) in [5.74, 6) is -0.475. The summed E-state index contributed by atoms with van der Waals surface area (Å²) in [7, 11) is 1.56. The second-order valence-electron chi connectivity index (χ2n) is 12.6. The van der Waals surface area contributed by atoms with E-state index in [0.717, 1.165) is 11.1 Å². The van der Waals surface area contributed by atoms with Gasteiger partial charge in [0, 0.05) is 12.8 Å². The molecule has 2 aromatic rings. The van der Waals surface area contributed by atoms with Crippen LogP contribution in [0, 0.1) is 5.92 Å². The number of alkyl carbamates (subject to hydrolysis) is 1. The third-order valence-corrected chi connectivity index (χ3v) is 6.96. The third kappa shape index (κ3) is 10.7. The number of methoxy groups -OCH3 is 1. The average Bonchev–Trinajstić information content (AvgIpc) is 3.69. The normalized spacial score (nSPS) is 18.1. The number of hydrogen-bond acceptors (Lipinski definition) is 7. The molecular formula is C33H45N3O7. The van der Waals surface area contributed by atoms with Crippen LogP contribution in [-0.4, -0.2) is 66.7 Å². The minimum absolute atomic E-state index is 0.130. The number of amides is 3. The zero-order chi connectivity index (χ0) is 31.8. The van der Waals surface area contributed by atoms with Gasteiger partial charge in [-0.25, -0.2) is 4.79 Å². The molecule has 1 heterocycles. The lowest BCUT2D eigenvalue weighted by atomic mass is 9.93. The second kappa shape index (κ2) is 14.5. The highest BCUT2D eigenvalue weighted by atomic mass is 16.6. The van der Waals surface area contributed by atoms with Gasteiger partial charge in [0.15, 0.2) is 5.78 Å². The van der Waals surface area contributed by atoms with Crippen LogP contribution in [-0.2, 0) is 36.7 Å². The highest BCUT2D eigenvalue weighted by molar-refractivity contribution is 5.98. The van der Waals surface area contributed by atoms with Crippen molar-refractivity contribution in [1.82, 2.24) is 16.0 Å². The SMILES string of the molecule is COc1ccc(C[C@H](NC(=O)OC(C)(C)C)C(=O)N[C@@H](Cc2ccccc2)C(=O)N[C@@H](CC(C)C)C(=O)[C@@]2(C)CO2)cc1. The second-order valence-corrected chi connectivity index (χ2v) is 12.6. The van der Waals surface area contributed by atoms with E-state index >= 15 is 0 Å². The average molecular weight is 596 g/mol. The summed E-state index contributed by atoms with van der Waals surface area (Å²) in [6.45, 7) is 11.2. The van der Waals surface area contributed by atoms with Crippen molar-refractivity contribution in [2.45, 2.75) is 90.1 Å². The van der Waals surface area contributed by atoms with Gasteiger partial charge in [-0.05, 0) is 63.3 Å². The summed E-state index contributed by atoms with van der Waals surface area (Å²) in [5, 5.41) is 8.39. The summed E-state index contributed by atoms with van der Waals surface area (Å²) in [4.78, 5) is 53.4. The fourth-order valence-corrected chi connectivity index (χ4v) is 4.58. The van der Waals surface area contributed by atoms with Crippen LogP contribution in [0.15, 0.2) is 54.6 Å². The number of benzene rings is 2. The Morgan fingerprint density at radius 3 is 1.84 bits per heavy atom. The summed E-state index contributed by atoms with van der Waals surface area (Å²) >= 11 is 0. The lowest BCUT2D eigenvalue weighted by Crippen LogP contribution is -2.58.